The fraction of sp³-hybridized carbons (Fsp3) is 0.109. The van der Waals surface area contributed by atoms with E-state index in [0.29, 0.717) is 0 Å². The quantitative estimate of drug-likeness (QED) is 0.139. The number of nitrogens with zero attached hydrogens (tertiary/aromatic N) is 4. The molecular formula is C64H49IrN4S-. The molecule has 0 aliphatic rings. The predicted octanol–water partition coefficient (Wildman–Crippen LogP) is 17.8. The van der Waals surface area contributed by atoms with Crippen molar-refractivity contribution in [3.8, 4) is 50.7 Å². The van der Waals surface area contributed by atoms with E-state index in [-0.39, 0.29) is 31.9 Å². The number of fused-ring (bicyclic) bond motifs is 9. The van der Waals surface area contributed by atoms with Crippen LogP contribution in [0.15, 0.2) is 194 Å². The van der Waals surface area contributed by atoms with Gasteiger partial charge in [-0.25, -0.2) is 0 Å². The molecule has 0 saturated carbocycles. The first-order valence-corrected chi connectivity index (χ1v) is 24.9. The Morgan fingerprint density at radius 1 is 0.500 bits per heavy atom. The van der Waals surface area contributed by atoms with E-state index in [2.05, 4.69) is 230 Å². The van der Waals surface area contributed by atoms with Crippen LogP contribution in [-0.4, -0.2) is 18.7 Å². The van der Waals surface area contributed by atoms with Gasteiger partial charge in [0.1, 0.15) is 0 Å². The first-order valence-electron chi connectivity index (χ1n) is 24.1. The zero-order chi connectivity index (χ0) is 46.5. The van der Waals surface area contributed by atoms with E-state index in [1.807, 2.05) is 29.7 Å². The number of aryl methyl sites for hydroxylation is 1. The number of hydrogen-bond donors (Lipinski definition) is 0. The van der Waals surface area contributed by atoms with Crippen LogP contribution >= 0.6 is 11.3 Å². The molecule has 13 aromatic rings. The third kappa shape index (κ3) is 6.92. The minimum absolute atomic E-state index is 0. The average molecular weight is 1100 g/mol. The summed E-state index contributed by atoms with van der Waals surface area (Å²) in [7, 11) is 0. The van der Waals surface area contributed by atoms with Crippen molar-refractivity contribution >= 4 is 75.1 Å². The average Bonchev–Trinajstić information content (AvgIpc) is 4.17. The first kappa shape index (κ1) is 43.9. The Morgan fingerprint density at radius 3 is 1.61 bits per heavy atom. The summed E-state index contributed by atoms with van der Waals surface area (Å²) >= 11 is 1.90. The molecule has 70 heavy (non-hydrogen) atoms. The molecule has 0 unspecified atom stereocenters. The summed E-state index contributed by atoms with van der Waals surface area (Å²) in [6, 6.07) is 70.7. The van der Waals surface area contributed by atoms with Crippen molar-refractivity contribution in [3.05, 3.63) is 217 Å². The largest absolute Gasteiger partial charge is 0.340 e. The van der Waals surface area contributed by atoms with Gasteiger partial charge < -0.3 is 13.7 Å². The minimum atomic E-state index is 0. The van der Waals surface area contributed by atoms with E-state index < -0.39 is 0 Å². The van der Waals surface area contributed by atoms with Gasteiger partial charge in [0.05, 0.1) is 27.9 Å². The molecule has 0 fully saturated rings. The second-order valence-corrected chi connectivity index (χ2v) is 20.2. The van der Waals surface area contributed by atoms with Crippen LogP contribution in [0.1, 0.15) is 56.2 Å². The smallest absolute Gasteiger partial charge is 0.0602 e. The summed E-state index contributed by atoms with van der Waals surface area (Å²) < 4.78 is 9.76. The van der Waals surface area contributed by atoms with Gasteiger partial charge >= 0.3 is 0 Å². The van der Waals surface area contributed by atoms with Crippen molar-refractivity contribution in [1.82, 2.24) is 18.7 Å². The van der Waals surface area contributed by atoms with E-state index in [4.69, 9.17) is 4.98 Å². The Hall–Kier alpha value is -7.34. The number of thiophene rings is 1. The maximum Gasteiger partial charge on any atom is 0.0602 e. The van der Waals surface area contributed by atoms with E-state index in [1.165, 1.54) is 114 Å². The van der Waals surface area contributed by atoms with Crippen molar-refractivity contribution in [2.75, 3.05) is 0 Å². The van der Waals surface area contributed by atoms with Gasteiger partial charge in [-0.05, 0) is 119 Å². The fourth-order valence-electron chi connectivity index (χ4n) is 11.1. The number of aromatic nitrogens is 4. The zero-order valence-corrected chi connectivity index (χ0v) is 42.9. The van der Waals surface area contributed by atoms with Crippen molar-refractivity contribution in [3.63, 3.8) is 0 Å². The van der Waals surface area contributed by atoms with Gasteiger partial charge in [-0.3, -0.25) is 4.98 Å². The Balaban J connectivity index is 0.00000505. The molecule has 0 aliphatic carbocycles. The molecule has 9 aromatic carbocycles. The number of para-hydroxylation sites is 4. The summed E-state index contributed by atoms with van der Waals surface area (Å²) in [5.74, 6) is 1.48. The van der Waals surface area contributed by atoms with E-state index in [1.54, 1.807) is 0 Å². The molecule has 1 radical (unpaired) electrons. The van der Waals surface area contributed by atoms with Gasteiger partial charge in [-0.2, -0.15) is 0 Å². The van der Waals surface area contributed by atoms with Crippen LogP contribution in [0.2, 0.25) is 0 Å². The molecule has 4 aromatic heterocycles. The molecule has 0 saturated heterocycles. The third-order valence-corrected chi connectivity index (χ3v) is 15.5. The van der Waals surface area contributed by atoms with E-state index >= 15 is 0 Å². The molecule has 341 valence electrons. The molecule has 4 heterocycles. The standard InChI is InChI=1S/C64H49N4S.Ir/c1-39(2)52-34-44(35-53(40(3)4)62(52)66-32-31-65-64(66)42-17-7-6-8-18-42)43-27-29-47(41(5)33-43)55-37-46(68-59-25-15-11-21-50(59)51-22-12-16-26-60(51)68)38-56-54-36-45(28-30-61(54)69-63(55)56)67-57-23-13-9-19-48(57)49-20-10-14-24-58(49)67;/h6-17,19-40H,1-5H3;/q-1;. The van der Waals surface area contributed by atoms with Crippen LogP contribution in [-0.2, 0) is 20.1 Å². The van der Waals surface area contributed by atoms with Gasteiger partial charge in [-0.15, -0.1) is 47.2 Å². The Bertz CT molecular complexity index is 4030. The summed E-state index contributed by atoms with van der Waals surface area (Å²) in [5, 5.41) is 7.58. The second-order valence-electron chi connectivity index (χ2n) is 19.1. The van der Waals surface area contributed by atoms with Crippen LogP contribution in [0.3, 0.4) is 0 Å². The minimum Gasteiger partial charge on any atom is -0.340 e. The number of hydrogen-bond acceptors (Lipinski definition) is 2. The Labute approximate surface area is 425 Å². The summed E-state index contributed by atoms with van der Waals surface area (Å²) in [6.07, 6.45) is 4.02. The Morgan fingerprint density at radius 2 is 1.06 bits per heavy atom. The van der Waals surface area contributed by atoms with Gasteiger partial charge in [0, 0.05) is 96.8 Å². The SMILES string of the molecule is Cc1cc(-c2cc(C(C)C)c(-n3ccnc3-c3[c-]cccc3)c(C(C)C)c2)ccc1-c1cc(-n2c3ccccc3c3ccccc32)cc2c1sc1ccc(-n3c4ccccc4c4ccccc43)cc12.[Ir]. The molecule has 6 heteroatoms. The molecule has 0 spiro atoms. The van der Waals surface area contributed by atoms with Gasteiger partial charge in [0.2, 0.25) is 0 Å². The van der Waals surface area contributed by atoms with Crippen molar-refractivity contribution < 1.29 is 20.1 Å². The van der Waals surface area contributed by atoms with Crippen LogP contribution in [0.5, 0.6) is 0 Å². The van der Waals surface area contributed by atoms with E-state index in [0.717, 1.165) is 17.1 Å². The maximum atomic E-state index is 4.85. The van der Waals surface area contributed by atoms with Crippen molar-refractivity contribution in [2.24, 2.45) is 0 Å². The van der Waals surface area contributed by atoms with Gasteiger partial charge in [-0.1, -0.05) is 119 Å². The summed E-state index contributed by atoms with van der Waals surface area (Å²) in [5.41, 5.74) is 18.2. The molecule has 0 N–H and O–H groups in total. The fourth-order valence-corrected chi connectivity index (χ4v) is 12.3. The molecule has 0 atom stereocenters. The molecule has 4 nitrogen and oxygen atoms in total. The maximum absolute atomic E-state index is 4.85. The van der Waals surface area contributed by atoms with Crippen LogP contribution < -0.4 is 0 Å². The van der Waals surface area contributed by atoms with Crippen molar-refractivity contribution in [2.45, 2.75) is 46.5 Å². The number of benzene rings is 9. The monoisotopic (exact) mass is 1100 g/mol. The molecular weight excluding hydrogens is 1050 g/mol. The van der Waals surface area contributed by atoms with Crippen LogP contribution in [0.4, 0.5) is 0 Å². The molecule has 0 aliphatic heterocycles. The first-order chi connectivity index (χ1) is 33.8. The summed E-state index contributed by atoms with van der Waals surface area (Å²) in [4.78, 5) is 4.85. The molecule has 0 amide bonds. The molecule has 13 rings (SSSR count). The number of imidazole rings is 1. The van der Waals surface area contributed by atoms with Crippen molar-refractivity contribution in [1.29, 1.82) is 0 Å². The molecule has 0 bridgehead atoms. The predicted molar refractivity (Wildman–Crippen MR) is 293 cm³/mol. The van der Waals surface area contributed by atoms with E-state index in [9.17, 15) is 0 Å². The van der Waals surface area contributed by atoms with Crippen LogP contribution in [0, 0.1) is 13.0 Å². The third-order valence-electron chi connectivity index (χ3n) is 14.3. The normalized spacial score (nSPS) is 11.9. The Kier molecular flexibility index (Phi) is 10.8. The second kappa shape index (κ2) is 17.3. The van der Waals surface area contributed by atoms with Crippen LogP contribution in [0.25, 0.3) is 114 Å². The topological polar surface area (TPSA) is 27.7 Å². The summed E-state index contributed by atoms with van der Waals surface area (Å²) in [6.45, 7) is 11.5. The van der Waals surface area contributed by atoms with Gasteiger partial charge in [0.15, 0.2) is 0 Å². The van der Waals surface area contributed by atoms with Gasteiger partial charge in [0.25, 0.3) is 0 Å². The number of rotatable bonds is 8. The zero-order valence-electron chi connectivity index (χ0n) is 39.7.